The van der Waals surface area contributed by atoms with Crippen molar-refractivity contribution in [2.45, 2.75) is 19.8 Å². The van der Waals surface area contributed by atoms with Gasteiger partial charge in [-0.2, -0.15) is 18.2 Å². The molecule has 0 saturated carbocycles. The van der Waals surface area contributed by atoms with Crippen molar-refractivity contribution in [2.75, 3.05) is 14.2 Å². The molecule has 4 nitrogen and oxygen atoms in total. The summed E-state index contributed by atoms with van der Waals surface area (Å²) in [6, 6.07) is 10.0. The Hall–Kier alpha value is -1.84. The maximum Gasteiger partial charge on any atom is 0.339 e. The van der Waals surface area contributed by atoms with Crippen LogP contribution >= 0.6 is 0 Å². The first-order valence-electron chi connectivity index (χ1n) is 6.79. The molecule has 2 rings (SSSR count). The van der Waals surface area contributed by atoms with Gasteiger partial charge in [0.05, 0.1) is 25.4 Å². The summed E-state index contributed by atoms with van der Waals surface area (Å²) < 4.78 is 9.43. The van der Waals surface area contributed by atoms with Crippen molar-refractivity contribution in [3.8, 4) is 0 Å². The van der Waals surface area contributed by atoms with Gasteiger partial charge in [0.25, 0.3) is 5.95 Å². The number of rotatable bonds is 4. The molecule has 1 aliphatic rings. The quantitative estimate of drug-likeness (QED) is 0.392. The zero-order chi connectivity index (χ0) is 15.7. The molecule has 0 aromatic heterocycles. The molecule has 0 radical (unpaired) electrons. The Morgan fingerprint density at radius 1 is 1.18 bits per heavy atom. The van der Waals surface area contributed by atoms with Gasteiger partial charge in [-0.25, -0.2) is 16.9 Å². The van der Waals surface area contributed by atoms with E-state index in [1.54, 1.807) is 12.2 Å². The van der Waals surface area contributed by atoms with Gasteiger partial charge < -0.3 is 14.6 Å². The van der Waals surface area contributed by atoms with E-state index in [-0.39, 0.29) is 23.0 Å². The molecule has 0 fully saturated rings. The molecule has 0 heterocycles. The maximum absolute atomic E-state index is 11.6. The van der Waals surface area contributed by atoms with E-state index in [1.165, 1.54) is 14.2 Å². The Morgan fingerprint density at radius 2 is 1.82 bits per heavy atom. The second-order valence-corrected chi connectivity index (χ2v) is 4.36. The van der Waals surface area contributed by atoms with Gasteiger partial charge in [-0.1, -0.05) is 19.4 Å². The van der Waals surface area contributed by atoms with E-state index < -0.39 is 5.97 Å². The van der Waals surface area contributed by atoms with Gasteiger partial charge in [0.2, 0.25) is 0 Å². The third-order valence-electron chi connectivity index (χ3n) is 2.93. The molecule has 0 aliphatic heterocycles. The molecule has 5 heteroatoms. The third-order valence-corrected chi connectivity index (χ3v) is 2.93. The van der Waals surface area contributed by atoms with Crippen LogP contribution < -0.4 is 0 Å². The van der Waals surface area contributed by atoms with Crippen LogP contribution in [0.1, 0.15) is 19.8 Å². The van der Waals surface area contributed by atoms with Crippen LogP contribution in [0, 0.1) is 0 Å². The summed E-state index contributed by atoms with van der Waals surface area (Å²) in [5, 5.41) is 9.52. The number of aliphatic hydroxyl groups excluding tert-OH is 1. The normalized spacial score (nSPS) is 14.7. The van der Waals surface area contributed by atoms with Crippen molar-refractivity contribution in [1.82, 2.24) is 0 Å². The summed E-state index contributed by atoms with van der Waals surface area (Å²) in [5.74, 6) is -0.713. The van der Waals surface area contributed by atoms with Crippen LogP contribution in [0.3, 0.4) is 0 Å². The largest absolute Gasteiger partial charge is 0.481 e. The van der Waals surface area contributed by atoms with Crippen LogP contribution in [0.25, 0.3) is 0 Å². The van der Waals surface area contributed by atoms with Crippen molar-refractivity contribution in [3.63, 3.8) is 0 Å². The van der Waals surface area contributed by atoms with Gasteiger partial charge in [0.15, 0.2) is 0 Å². The Balaban J connectivity index is 0.000000622. The second kappa shape index (κ2) is 10.8. The number of carbonyl (C=O) groups is 1. The molecule has 1 N–H and O–H groups in total. The van der Waals surface area contributed by atoms with E-state index in [0.29, 0.717) is 11.1 Å². The molecule has 0 saturated heterocycles. The van der Waals surface area contributed by atoms with Crippen LogP contribution in [0.4, 0.5) is 0 Å². The number of aliphatic hydroxyl groups is 1. The SMILES string of the molecule is CCCC1=C(C(=O)OC)/C(=C(/O)OC)C=C1.[Fe].c1cc[cH-]c1. The molecule has 0 unspecified atom stereocenters. The fraction of sp³-hybridized carbons (Fsp3) is 0.294. The second-order valence-electron chi connectivity index (χ2n) is 4.36. The van der Waals surface area contributed by atoms with Crippen LogP contribution in [-0.2, 0) is 31.3 Å². The fourth-order valence-electron chi connectivity index (χ4n) is 1.95. The number of ether oxygens (including phenoxy) is 2. The average molecular weight is 345 g/mol. The van der Waals surface area contributed by atoms with Crippen molar-refractivity contribution in [3.05, 3.63) is 65.1 Å². The molecule has 0 bridgehead atoms. The Morgan fingerprint density at radius 3 is 2.23 bits per heavy atom. The van der Waals surface area contributed by atoms with Crippen LogP contribution in [0.5, 0.6) is 0 Å². The van der Waals surface area contributed by atoms with Gasteiger partial charge in [-0.15, -0.1) is 0 Å². The van der Waals surface area contributed by atoms with E-state index in [0.717, 1.165) is 18.4 Å². The van der Waals surface area contributed by atoms with E-state index in [4.69, 9.17) is 9.47 Å². The first kappa shape index (κ1) is 20.2. The van der Waals surface area contributed by atoms with Crippen molar-refractivity contribution >= 4 is 5.97 Å². The summed E-state index contributed by atoms with van der Waals surface area (Å²) >= 11 is 0. The standard InChI is InChI=1S/C12H16O4.C5H5.Fe/c1-4-5-8-6-7-9(11(13)15-2)10(8)12(14)16-3;1-2-4-5-3-1;/h6-7,13H,4-5H2,1-3H3;1-5H;/q;-1;/b11-9-;;. The molecule has 0 amide bonds. The number of carbonyl (C=O) groups excluding carboxylic acids is 1. The van der Waals surface area contributed by atoms with Crippen LogP contribution in [0.2, 0.25) is 0 Å². The zero-order valence-corrected chi connectivity index (χ0v) is 14.1. The third kappa shape index (κ3) is 5.51. The molecule has 1 aromatic rings. The minimum absolute atomic E-state index is 0. The van der Waals surface area contributed by atoms with E-state index in [9.17, 15) is 9.90 Å². The van der Waals surface area contributed by atoms with Crippen LogP contribution in [-0.4, -0.2) is 25.3 Å². The minimum Gasteiger partial charge on any atom is -0.481 e. The summed E-state index contributed by atoms with van der Waals surface area (Å²) in [5.41, 5.74) is 1.65. The summed E-state index contributed by atoms with van der Waals surface area (Å²) in [4.78, 5) is 11.6. The molecular formula is C17H21FeO4-. The van der Waals surface area contributed by atoms with Crippen molar-refractivity contribution in [2.24, 2.45) is 0 Å². The van der Waals surface area contributed by atoms with Crippen LogP contribution in [0.15, 0.2) is 65.1 Å². The smallest absolute Gasteiger partial charge is 0.339 e. The van der Waals surface area contributed by atoms with Gasteiger partial charge in [0, 0.05) is 17.1 Å². The van der Waals surface area contributed by atoms with Crippen molar-refractivity contribution < 1.29 is 36.4 Å². The Kier molecular flexibility index (Phi) is 9.92. The number of esters is 1. The minimum atomic E-state index is -0.452. The molecule has 0 atom stereocenters. The average Bonchev–Trinajstić information content (AvgIpc) is 3.18. The first-order valence-corrected chi connectivity index (χ1v) is 6.79. The van der Waals surface area contributed by atoms with E-state index in [1.807, 2.05) is 37.3 Å². The monoisotopic (exact) mass is 345 g/mol. The van der Waals surface area contributed by atoms with E-state index in [2.05, 4.69) is 0 Å². The Labute approximate surface area is 142 Å². The topological polar surface area (TPSA) is 55.8 Å². The van der Waals surface area contributed by atoms with Gasteiger partial charge in [-0.3, -0.25) is 0 Å². The first-order chi connectivity index (χ1) is 10.2. The number of allylic oxidation sites excluding steroid dienone is 3. The maximum atomic E-state index is 11.6. The predicted molar refractivity (Wildman–Crippen MR) is 81.8 cm³/mol. The zero-order valence-electron chi connectivity index (χ0n) is 13.0. The van der Waals surface area contributed by atoms with E-state index >= 15 is 0 Å². The molecule has 1 aliphatic carbocycles. The van der Waals surface area contributed by atoms with Gasteiger partial charge in [-0.05, 0) is 18.1 Å². The van der Waals surface area contributed by atoms with Gasteiger partial charge >= 0.3 is 5.97 Å². The summed E-state index contributed by atoms with van der Waals surface area (Å²) in [6.45, 7) is 2.02. The number of hydrogen-bond donors (Lipinski definition) is 1. The molecule has 122 valence electrons. The molecule has 1 aromatic carbocycles. The molecular weight excluding hydrogens is 324 g/mol. The number of hydrogen-bond acceptors (Lipinski definition) is 4. The fourth-order valence-corrected chi connectivity index (χ4v) is 1.95. The van der Waals surface area contributed by atoms with Crippen molar-refractivity contribution in [1.29, 1.82) is 0 Å². The summed E-state index contributed by atoms with van der Waals surface area (Å²) in [6.07, 6.45) is 5.15. The Bertz CT molecular complexity index is 522. The number of methoxy groups -OCH3 is 2. The molecule has 0 spiro atoms. The molecule has 22 heavy (non-hydrogen) atoms. The summed E-state index contributed by atoms with van der Waals surface area (Å²) in [7, 11) is 2.67. The predicted octanol–water partition coefficient (Wildman–Crippen LogP) is 3.64. The van der Waals surface area contributed by atoms with Gasteiger partial charge in [0.1, 0.15) is 0 Å².